The molecule has 1 aliphatic rings. The molecule has 1 aromatic rings. The first-order valence-electron chi connectivity index (χ1n) is 7.30. The summed E-state index contributed by atoms with van der Waals surface area (Å²) in [7, 11) is 0. The van der Waals surface area contributed by atoms with E-state index in [-0.39, 0.29) is 24.5 Å². The fraction of sp³-hybridized carbons (Fsp3) is 0.562. The summed E-state index contributed by atoms with van der Waals surface area (Å²) in [5, 5.41) is 9.56. The van der Waals surface area contributed by atoms with Crippen molar-refractivity contribution in [2.24, 2.45) is 0 Å². The number of ketones is 1. The fourth-order valence-electron chi connectivity index (χ4n) is 2.91. The number of hydrogen-bond donors (Lipinski definition) is 1. The van der Waals surface area contributed by atoms with Crippen molar-refractivity contribution < 1.29 is 9.90 Å². The van der Waals surface area contributed by atoms with E-state index in [0.29, 0.717) is 0 Å². The van der Waals surface area contributed by atoms with E-state index in [2.05, 4.69) is 20.8 Å². The molecule has 0 aromatic heterocycles. The van der Waals surface area contributed by atoms with Gasteiger partial charge >= 0.3 is 0 Å². The summed E-state index contributed by atoms with van der Waals surface area (Å²) < 4.78 is 0.977. The normalized spacial score (nSPS) is 22.2. The Morgan fingerprint density at radius 1 is 1.35 bits per heavy atom. The molecule has 4 heteroatoms. The molecule has 2 atom stereocenters. The lowest BCUT2D eigenvalue weighted by Crippen LogP contribution is -2.47. The van der Waals surface area contributed by atoms with Crippen molar-refractivity contribution in [1.29, 1.82) is 0 Å². The first-order chi connectivity index (χ1) is 9.63. The average Bonchev–Trinajstić information content (AvgIpc) is 2.71. The van der Waals surface area contributed by atoms with Crippen LogP contribution in [0.5, 0.6) is 0 Å². The summed E-state index contributed by atoms with van der Waals surface area (Å²) in [6.07, 6.45) is 4.41. The van der Waals surface area contributed by atoms with Gasteiger partial charge in [-0.25, -0.2) is 0 Å². The first kappa shape index (κ1) is 15.7. The number of aliphatic hydroxyl groups is 1. The molecule has 2 unspecified atom stereocenters. The Balaban J connectivity index is 2.13. The highest BCUT2D eigenvalue weighted by molar-refractivity contribution is 9.10. The number of likely N-dealkylation sites (tertiary alicyclic amines) is 1. The van der Waals surface area contributed by atoms with Gasteiger partial charge in [0, 0.05) is 16.1 Å². The molecule has 20 heavy (non-hydrogen) atoms. The minimum absolute atomic E-state index is 0.117. The monoisotopic (exact) mass is 339 g/mol. The molecular weight excluding hydrogens is 318 g/mol. The van der Waals surface area contributed by atoms with Crippen molar-refractivity contribution in [2.45, 2.75) is 44.7 Å². The predicted molar refractivity (Wildman–Crippen MR) is 84.0 cm³/mol. The van der Waals surface area contributed by atoms with Crippen LogP contribution in [-0.4, -0.2) is 41.0 Å². The van der Waals surface area contributed by atoms with E-state index in [9.17, 15) is 9.90 Å². The Bertz CT molecular complexity index is 446. The van der Waals surface area contributed by atoms with Crippen molar-refractivity contribution in [3.8, 4) is 0 Å². The minimum atomic E-state index is -0.175. The molecule has 1 N–H and O–H groups in total. The molecule has 1 aromatic carbocycles. The number of Topliss-reactive ketones (excluding diaryl/α,β-unsaturated/α-hetero) is 1. The van der Waals surface area contributed by atoms with Crippen LogP contribution in [0.15, 0.2) is 28.7 Å². The van der Waals surface area contributed by atoms with Gasteiger partial charge in [-0.1, -0.05) is 40.9 Å². The zero-order valence-corrected chi connectivity index (χ0v) is 13.5. The number of carbonyl (C=O) groups is 1. The molecule has 0 radical (unpaired) electrons. The molecule has 1 heterocycles. The molecule has 0 bridgehead atoms. The third kappa shape index (κ3) is 3.68. The van der Waals surface area contributed by atoms with Gasteiger partial charge in [0.25, 0.3) is 0 Å². The van der Waals surface area contributed by atoms with Crippen LogP contribution in [0.2, 0.25) is 0 Å². The smallest absolute Gasteiger partial charge is 0.179 e. The topological polar surface area (TPSA) is 40.5 Å². The molecule has 2 rings (SSSR count). The minimum Gasteiger partial charge on any atom is -0.395 e. The highest BCUT2D eigenvalue weighted by Gasteiger charge is 2.29. The van der Waals surface area contributed by atoms with E-state index in [1.165, 1.54) is 6.42 Å². The first-order valence-corrected chi connectivity index (χ1v) is 8.09. The average molecular weight is 340 g/mol. The van der Waals surface area contributed by atoms with Crippen LogP contribution in [0.4, 0.5) is 0 Å². The van der Waals surface area contributed by atoms with Crippen molar-refractivity contribution in [2.75, 3.05) is 13.2 Å². The van der Waals surface area contributed by atoms with E-state index in [4.69, 9.17) is 0 Å². The van der Waals surface area contributed by atoms with Crippen molar-refractivity contribution in [3.63, 3.8) is 0 Å². The molecule has 110 valence electrons. The quantitative estimate of drug-likeness (QED) is 0.856. The third-order valence-corrected chi connectivity index (χ3v) is 4.67. The van der Waals surface area contributed by atoms with Gasteiger partial charge in [-0.05, 0) is 38.4 Å². The molecule has 1 fully saturated rings. The molecule has 1 aliphatic heterocycles. The molecule has 0 aliphatic carbocycles. The number of hydrogen-bond acceptors (Lipinski definition) is 3. The summed E-state index contributed by atoms with van der Waals surface area (Å²) in [5.74, 6) is 0.137. The van der Waals surface area contributed by atoms with Crippen LogP contribution in [0.3, 0.4) is 0 Å². The van der Waals surface area contributed by atoms with Gasteiger partial charge in [-0.2, -0.15) is 0 Å². The summed E-state index contributed by atoms with van der Waals surface area (Å²) in [4.78, 5) is 14.8. The Kier molecular flexibility index (Phi) is 5.75. The fourth-order valence-corrected chi connectivity index (χ4v) is 3.18. The lowest BCUT2D eigenvalue weighted by Gasteiger charge is -2.33. The van der Waals surface area contributed by atoms with E-state index in [1.807, 2.05) is 31.2 Å². The Morgan fingerprint density at radius 2 is 2.05 bits per heavy atom. The Hall–Kier alpha value is -0.710. The highest BCUT2D eigenvalue weighted by Crippen LogP contribution is 2.21. The van der Waals surface area contributed by atoms with Crippen LogP contribution >= 0.6 is 15.9 Å². The maximum absolute atomic E-state index is 12.6. The second-order valence-electron chi connectivity index (χ2n) is 5.47. The zero-order valence-electron chi connectivity index (χ0n) is 11.9. The maximum atomic E-state index is 12.6. The van der Waals surface area contributed by atoms with E-state index >= 15 is 0 Å². The van der Waals surface area contributed by atoms with Crippen LogP contribution in [0.25, 0.3) is 0 Å². The van der Waals surface area contributed by atoms with Crippen molar-refractivity contribution >= 4 is 21.7 Å². The number of benzene rings is 1. The summed E-state index contributed by atoms with van der Waals surface area (Å²) in [6.45, 7) is 2.99. The summed E-state index contributed by atoms with van der Waals surface area (Å²) in [6, 6.07) is 7.44. The highest BCUT2D eigenvalue weighted by atomic mass is 79.9. The van der Waals surface area contributed by atoms with E-state index in [1.54, 1.807) is 0 Å². The molecule has 3 nitrogen and oxygen atoms in total. The largest absolute Gasteiger partial charge is 0.395 e. The predicted octanol–water partition coefficient (Wildman–Crippen LogP) is 3.26. The van der Waals surface area contributed by atoms with Gasteiger partial charge in [-0.3, -0.25) is 9.69 Å². The second kappa shape index (κ2) is 7.34. The zero-order chi connectivity index (χ0) is 14.5. The van der Waals surface area contributed by atoms with Gasteiger partial charge in [0.1, 0.15) is 0 Å². The second-order valence-corrected chi connectivity index (χ2v) is 6.39. The van der Waals surface area contributed by atoms with Crippen molar-refractivity contribution in [3.05, 3.63) is 34.3 Å². The summed E-state index contributed by atoms with van der Waals surface area (Å²) >= 11 is 3.38. The molecule has 0 saturated carbocycles. The molecule has 0 amide bonds. The molecular formula is C16H22BrNO2. The van der Waals surface area contributed by atoms with E-state index < -0.39 is 0 Å². The van der Waals surface area contributed by atoms with Crippen LogP contribution < -0.4 is 0 Å². The number of nitrogens with zero attached hydrogens (tertiary/aromatic N) is 1. The number of aliphatic hydroxyl groups excluding tert-OH is 1. The Morgan fingerprint density at radius 3 is 2.70 bits per heavy atom. The number of carbonyl (C=O) groups excluding carboxylic acids is 1. The number of halogens is 1. The van der Waals surface area contributed by atoms with E-state index in [0.717, 1.165) is 35.8 Å². The van der Waals surface area contributed by atoms with Crippen LogP contribution in [0.1, 0.15) is 43.0 Å². The third-order valence-electron chi connectivity index (χ3n) is 4.14. The lowest BCUT2D eigenvalue weighted by atomic mass is 10.0. The standard InChI is InChI=1S/C16H22BrNO2/c1-12(16(20)13-6-8-14(17)9-7-13)18-10-4-2-3-5-15(18)11-19/h6-9,12,15,19H,2-5,10-11H2,1H3. The van der Waals surface area contributed by atoms with Crippen molar-refractivity contribution in [1.82, 2.24) is 4.90 Å². The van der Waals surface area contributed by atoms with Crippen LogP contribution in [0, 0.1) is 0 Å². The maximum Gasteiger partial charge on any atom is 0.179 e. The van der Waals surface area contributed by atoms with Gasteiger partial charge in [0.15, 0.2) is 5.78 Å². The van der Waals surface area contributed by atoms with Crippen LogP contribution in [-0.2, 0) is 0 Å². The molecule has 0 spiro atoms. The lowest BCUT2D eigenvalue weighted by molar-refractivity contribution is 0.0650. The number of rotatable bonds is 4. The Labute approximate surface area is 129 Å². The van der Waals surface area contributed by atoms with Gasteiger partial charge in [-0.15, -0.1) is 0 Å². The SMILES string of the molecule is CC(C(=O)c1ccc(Br)cc1)N1CCCCCC1CO. The van der Waals surface area contributed by atoms with Gasteiger partial charge in [0.05, 0.1) is 12.6 Å². The van der Waals surface area contributed by atoms with Gasteiger partial charge in [0.2, 0.25) is 0 Å². The summed E-state index contributed by atoms with van der Waals surface area (Å²) in [5.41, 5.74) is 0.738. The van der Waals surface area contributed by atoms with Gasteiger partial charge < -0.3 is 5.11 Å². The molecule has 1 saturated heterocycles.